The average Bonchev–Trinajstić information content (AvgIpc) is 2.67. The van der Waals surface area contributed by atoms with E-state index in [1.807, 2.05) is 13.8 Å². The van der Waals surface area contributed by atoms with E-state index in [1.54, 1.807) is 0 Å². The number of carbonyl (C=O) groups excluding carboxylic acids is 1. The molecule has 0 amide bonds. The molecule has 1 aliphatic carbocycles. The minimum absolute atomic E-state index is 0.106. The zero-order chi connectivity index (χ0) is 14.8. The summed E-state index contributed by atoms with van der Waals surface area (Å²) < 4.78 is 11.7. The quantitative estimate of drug-likeness (QED) is 0.550. The van der Waals surface area contributed by atoms with Gasteiger partial charge < -0.3 is 9.47 Å². The lowest BCUT2D eigenvalue weighted by molar-refractivity contribution is -0.559. The van der Waals surface area contributed by atoms with Crippen LogP contribution in [0.2, 0.25) is 0 Å². The largest absolute Gasteiger partial charge is 0.432 e. The third-order valence-corrected chi connectivity index (χ3v) is 6.23. The number of ether oxygens (including phenoxy) is 2. The van der Waals surface area contributed by atoms with Gasteiger partial charge in [0.25, 0.3) is 0 Å². The van der Waals surface area contributed by atoms with E-state index < -0.39 is 17.7 Å². The van der Waals surface area contributed by atoms with Crippen LogP contribution in [-0.2, 0) is 24.0 Å². The fourth-order valence-electron chi connectivity index (χ4n) is 5.07. The standard InChI is InChI=1S/C16H24O5/c1-4-10-12-6-5-9(2)11-7-8-15(3)19-14(18-13(10)17)16(11,12)21-20-15/h9-12,14H,4-8H2,1-3H3/t9-,10?,11?,12+,14-,15+,16-/m1/s1. The summed E-state index contributed by atoms with van der Waals surface area (Å²) >= 11 is 0. The second kappa shape index (κ2) is 4.43. The van der Waals surface area contributed by atoms with Crippen molar-refractivity contribution in [2.45, 2.75) is 70.6 Å². The highest BCUT2D eigenvalue weighted by molar-refractivity contribution is 5.74. The van der Waals surface area contributed by atoms with E-state index in [0.717, 1.165) is 32.1 Å². The monoisotopic (exact) mass is 296 g/mol. The van der Waals surface area contributed by atoms with Crippen molar-refractivity contribution in [1.82, 2.24) is 0 Å². The minimum atomic E-state index is -0.795. The fourth-order valence-corrected chi connectivity index (χ4v) is 5.07. The first kappa shape index (κ1) is 14.0. The highest BCUT2D eigenvalue weighted by Crippen LogP contribution is 2.60. The van der Waals surface area contributed by atoms with Crippen LogP contribution < -0.4 is 0 Å². The average molecular weight is 296 g/mol. The molecule has 0 aromatic rings. The molecule has 4 saturated heterocycles. The van der Waals surface area contributed by atoms with E-state index in [4.69, 9.17) is 19.2 Å². The van der Waals surface area contributed by atoms with Crippen LogP contribution in [0, 0.1) is 23.7 Å². The number of fused-ring (bicyclic) bond motifs is 2. The number of esters is 1. The second-order valence-corrected chi connectivity index (χ2v) is 7.36. The van der Waals surface area contributed by atoms with Crippen LogP contribution >= 0.6 is 0 Å². The normalized spacial score (nSPS) is 55.6. The summed E-state index contributed by atoms with van der Waals surface area (Å²) in [5.74, 6) is -0.0373. The van der Waals surface area contributed by atoms with E-state index in [0.29, 0.717) is 11.8 Å². The summed E-state index contributed by atoms with van der Waals surface area (Å²) in [6, 6.07) is 0. The van der Waals surface area contributed by atoms with Gasteiger partial charge in [-0.25, -0.2) is 9.78 Å². The molecule has 0 radical (unpaired) electrons. The summed E-state index contributed by atoms with van der Waals surface area (Å²) in [5.41, 5.74) is -0.609. The Bertz CT molecular complexity index is 466. The highest BCUT2D eigenvalue weighted by atomic mass is 17.3. The zero-order valence-corrected chi connectivity index (χ0v) is 13.0. The van der Waals surface area contributed by atoms with Gasteiger partial charge in [-0.05, 0) is 38.5 Å². The molecule has 2 bridgehead atoms. The van der Waals surface area contributed by atoms with Crippen molar-refractivity contribution < 1.29 is 24.0 Å². The van der Waals surface area contributed by atoms with Gasteiger partial charge in [0, 0.05) is 18.3 Å². The van der Waals surface area contributed by atoms with Crippen molar-refractivity contribution in [3.8, 4) is 0 Å². The lowest BCUT2D eigenvalue weighted by Gasteiger charge is -2.58. The molecule has 1 spiro atoms. The van der Waals surface area contributed by atoms with Crippen LogP contribution in [0.3, 0.4) is 0 Å². The van der Waals surface area contributed by atoms with Crippen LogP contribution in [0.4, 0.5) is 0 Å². The Balaban J connectivity index is 1.82. The molecule has 1 saturated carbocycles. The molecule has 118 valence electrons. The van der Waals surface area contributed by atoms with Crippen molar-refractivity contribution in [3.63, 3.8) is 0 Å². The predicted octanol–water partition coefficient (Wildman–Crippen LogP) is 2.79. The SMILES string of the molecule is CCC1C(=O)O[C@@H]2O[C@]3(C)CCC4[C@H](C)CC[C@@H]1[C@]42OO3. The van der Waals surface area contributed by atoms with Gasteiger partial charge in [0.2, 0.25) is 12.1 Å². The van der Waals surface area contributed by atoms with Gasteiger partial charge in [-0.3, -0.25) is 4.79 Å². The number of hydrogen-bond acceptors (Lipinski definition) is 5. The van der Waals surface area contributed by atoms with Crippen molar-refractivity contribution in [3.05, 3.63) is 0 Å². The first-order chi connectivity index (χ1) is 10.00. The molecule has 4 heterocycles. The first-order valence-corrected chi connectivity index (χ1v) is 8.25. The predicted molar refractivity (Wildman–Crippen MR) is 72.7 cm³/mol. The molecule has 2 unspecified atom stereocenters. The fraction of sp³-hybridized carbons (Fsp3) is 0.938. The van der Waals surface area contributed by atoms with Crippen molar-refractivity contribution in [2.24, 2.45) is 23.7 Å². The van der Waals surface area contributed by atoms with E-state index >= 15 is 0 Å². The van der Waals surface area contributed by atoms with Crippen molar-refractivity contribution >= 4 is 5.97 Å². The molecule has 0 N–H and O–H groups in total. The van der Waals surface area contributed by atoms with Crippen LogP contribution in [0.15, 0.2) is 0 Å². The van der Waals surface area contributed by atoms with Gasteiger partial charge in [-0.15, -0.1) is 0 Å². The van der Waals surface area contributed by atoms with Gasteiger partial charge >= 0.3 is 5.97 Å². The van der Waals surface area contributed by atoms with E-state index in [2.05, 4.69) is 6.92 Å². The first-order valence-electron chi connectivity index (χ1n) is 8.25. The summed E-state index contributed by atoms with van der Waals surface area (Å²) in [7, 11) is 0. The smallest absolute Gasteiger partial charge is 0.311 e. The lowest BCUT2D eigenvalue weighted by atomic mass is 9.57. The van der Waals surface area contributed by atoms with Gasteiger partial charge in [-0.2, -0.15) is 0 Å². The topological polar surface area (TPSA) is 54.0 Å². The highest BCUT2D eigenvalue weighted by Gasteiger charge is 2.70. The Kier molecular flexibility index (Phi) is 2.95. The zero-order valence-electron chi connectivity index (χ0n) is 13.0. The Labute approximate surface area is 125 Å². The van der Waals surface area contributed by atoms with Gasteiger partial charge in [0.05, 0.1) is 5.92 Å². The summed E-state index contributed by atoms with van der Waals surface area (Å²) in [6.45, 7) is 6.19. The lowest BCUT2D eigenvalue weighted by Crippen LogP contribution is -2.69. The molecule has 5 heteroatoms. The molecule has 5 nitrogen and oxygen atoms in total. The van der Waals surface area contributed by atoms with Crippen LogP contribution in [-0.4, -0.2) is 23.6 Å². The second-order valence-electron chi connectivity index (χ2n) is 7.36. The number of carbonyl (C=O) groups is 1. The Hall–Kier alpha value is -0.650. The van der Waals surface area contributed by atoms with Gasteiger partial charge in [0.1, 0.15) is 0 Å². The van der Waals surface area contributed by atoms with Gasteiger partial charge in [-0.1, -0.05) is 13.8 Å². The summed E-state index contributed by atoms with van der Waals surface area (Å²) in [4.78, 5) is 24.0. The molecule has 4 aliphatic heterocycles. The molecular weight excluding hydrogens is 272 g/mol. The third-order valence-electron chi connectivity index (χ3n) is 6.23. The van der Waals surface area contributed by atoms with Crippen LogP contribution in [0.25, 0.3) is 0 Å². The molecule has 0 aromatic carbocycles. The minimum Gasteiger partial charge on any atom is -0.432 e. The van der Waals surface area contributed by atoms with Crippen molar-refractivity contribution in [1.29, 1.82) is 0 Å². The number of hydrogen-bond donors (Lipinski definition) is 0. The molecule has 21 heavy (non-hydrogen) atoms. The van der Waals surface area contributed by atoms with Gasteiger partial charge in [0.15, 0.2) is 5.60 Å². The van der Waals surface area contributed by atoms with E-state index in [9.17, 15) is 4.79 Å². The van der Waals surface area contributed by atoms with Crippen molar-refractivity contribution in [2.75, 3.05) is 0 Å². The Morgan fingerprint density at radius 1 is 1.19 bits per heavy atom. The molecular formula is C16H24O5. The Morgan fingerprint density at radius 3 is 2.76 bits per heavy atom. The molecule has 5 aliphatic rings. The number of rotatable bonds is 1. The van der Waals surface area contributed by atoms with E-state index in [-0.39, 0.29) is 17.8 Å². The van der Waals surface area contributed by atoms with Crippen LogP contribution in [0.5, 0.6) is 0 Å². The molecule has 0 aromatic heterocycles. The maximum atomic E-state index is 12.4. The van der Waals surface area contributed by atoms with Crippen LogP contribution in [0.1, 0.15) is 52.9 Å². The van der Waals surface area contributed by atoms with E-state index in [1.165, 1.54) is 0 Å². The molecule has 7 atom stereocenters. The molecule has 5 rings (SSSR count). The third kappa shape index (κ3) is 1.71. The summed E-state index contributed by atoms with van der Waals surface area (Å²) in [5, 5.41) is 0. The Morgan fingerprint density at radius 2 is 2.00 bits per heavy atom. The maximum Gasteiger partial charge on any atom is 0.311 e. The maximum absolute atomic E-state index is 12.4. The summed E-state index contributed by atoms with van der Waals surface area (Å²) in [6.07, 6.45) is 4.05. The molecule has 5 fully saturated rings.